The van der Waals surface area contributed by atoms with Crippen LogP contribution in [0.2, 0.25) is 0 Å². The highest BCUT2D eigenvalue weighted by molar-refractivity contribution is 7.13. The van der Waals surface area contributed by atoms with E-state index in [-0.39, 0.29) is 5.91 Å². The highest BCUT2D eigenvalue weighted by atomic mass is 32.1. The zero-order chi connectivity index (χ0) is 13.1. The van der Waals surface area contributed by atoms with Crippen molar-refractivity contribution < 1.29 is 4.79 Å². The summed E-state index contributed by atoms with van der Waals surface area (Å²) >= 11 is 1.57. The summed E-state index contributed by atoms with van der Waals surface area (Å²) in [6, 6.07) is 0. The third-order valence-electron chi connectivity index (χ3n) is 3.01. The Balaban J connectivity index is 1.84. The summed E-state index contributed by atoms with van der Waals surface area (Å²) in [5.41, 5.74) is 0.881. The van der Waals surface area contributed by atoms with Gasteiger partial charge in [0.25, 0.3) is 5.91 Å². The molecule has 1 N–H and O–H groups in total. The number of hydrogen-bond acceptors (Lipinski definition) is 4. The van der Waals surface area contributed by atoms with E-state index < -0.39 is 0 Å². The molecule has 1 saturated carbocycles. The first-order valence-electron chi connectivity index (χ1n) is 6.48. The van der Waals surface area contributed by atoms with E-state index in [0.29, 0.717) is 5.92 Å². The molecule has 0 unspecified atom stereocenters. The zero-order valence-electron chi connectivity index (χ0n) is 11.3. The van der Waals surface area contributed by atoms with Gasteiger partial charge in [0.2, 0.25) is 0 Å². The van der Waals surface area contributed by atoms with Gasteiger partial charge in [-0.05, 0) is 46.8 Å². The maximum absolute atomic E-state index is 12.0. The lowest BCUT2D eigenvalue weighted by atomic mass is 10.3. The first-order chi connectivity index (χ1) is 8.58. The summed E-state index contributed by atoms with van der Waals surface area (Å²) in [7, 11) is 4.08. The molecule has 2 rings (SSSR count). The van der Waals surface area contributed by atoms with E-state index in [1.807, 2.05) is 21.0 Å². The molecule has 0 spiro atoms. The smallest absolute Gasteiger partial charge is 0.263 e. The van der Waals surface area contributed by atoms with Crippen molar-refractivity contribution in [1.29, 1.82) is 0 Å². The third kappa shape index (κ3) is 3.53. The Hall–Kier alpha value is -0.940. The second-order valence-corrected chi connectivity index (χ2v) is 6.18. The van der Waals surface area contributed by atoms with Crippen molar-refractivity contribution in [2.75, 3.05) is 27.2 Å². The maximum atomic E-state index is 12.0. The Labute approximate surface area is 112 Å². The van der Waals surface area contributed by atoms with Crippen molar-refractivity contribution >= 4 is 17.2 Å². The quantitative estimate of drug-likeness (QED) is 0.802. The molecule has 0 aromatic carbocycles. The molecule has 0 aliphatic heterocycles. The van der Waals surface area contributed by atoms with Crippen LogP contribution in [0.15, 0.2) is 0 Å². The summed E-state index contributed by atoms with van der Waals surface area (Å²) in [5.74, 6) is 0.666. The topological polar surface area (TPSA) is 45.2 Å². The van der Waals surface area contributed by atoms with E-state index in [1.54, 1.807) is 11.3 Å². The first kappa shape index (κ1) is 13.5. The van der Waals surface area contributed by atoms with E-state index in [1.165, 1.54) is 12.8 Å². The second-order valence-electron chi connectivity index (χ2n) is 5.15. The van der Waals surface area contributed by atoms with Gasteiger partial charge in [-0.25, -0.2) is 4.98 Å². The molecule has 1 heterocycles. The molecule has 0 saturated heterocycles. The maximum Gasteiger partial charge on any atom is 0.263 e. The van der Waals surface area contributed by atoms with Gasteiger partial charge in [-0.15, -0.1) is 11.3 Å². The van der Waals surface area contributed by atoms with Crippen molar-refractivity contribution in [3.05, 3.63) is 15.6 Å². The largest absolute Gasteiger partial charge is 0.351 e. The zero-order valence-corrected chi connectivity index (χ0v) is 12.1. The van der Waals surface area contributed by atoms with Gasteiger partial charge in [0.15, 0.2) is 0 Å². The minimum absolute atomic E-state index is 0.0376. The lowest BCUT2D eigenvalue weighted by Gasteiger charge is -2.09. The molecule has 18 heavy (non-hydrogen) atoms. The number of thiazole rings is 1. The molecular weight excluding hydrogens is 246 g/mol. The molecule has 0 atom stereocenters. The number of nitrogens with zero attached hydrogens (tertiary/aromatic N) is 2. The van der Waals surface area contributed by atoms with Crippen molar-refractivity contribution in [1.82, 2.24) is 15.2 Å². The molecular formula is C13H21N3OS. The number of carbonyl (C=O) groups excluding carboxylic acids is 1. The Bertz CT molecular complexity index is 424. The average molecular weight is 267 g/mol. The number of rotatable bonds is 6. The van der Waals surface area contributed by atoms with Gasteiger partial charge in [0, 0.05) is 12.5 Å². The highest BCUT2D eigenvalue weighted by Crippen LogP contribution is 2.42. The minimum Gasteiger partial charge on any atom is -0.351 e. The number of aromatic nitrogens is 1. The lowest BCUT2D eigenvalue weighted by Crippen LogP contribution is -2.26. The number of nitrogens with one attached hydrogen (secondary N) is 1. The predicted octanol–water partition coefficient (Wildman–Crippen LogP) is 2.01. The highest BCUT2D eigenvalue weighted by Gasteiger charge is 2.28. The van der Waals surface area contributed by atoms with Crippen LogP contribution in [0.4, 0.5) is 0 Å². The molecule has 1 amide bonds. The van der Waals surface area contributed by atoms with E-state index in [4.69, 9.17) is 0 Å². The van der Waals surface area contributed by atoms with E-state index >= 15 is 0 Å². The van der Waals surface area contributed by atoms with Crippen LogP contribution in [0.5, 0.6) is 0 Å². The Morgan fingerprint density at radius 3 is 2.83 bits per heavy atom. The van der Waals surface area contributed by atoms with E-state index in [2.05, 4.69) is 15.2 Å². The Morgan fingerprint density at radius 2 is 2.22 bits per heavy atom. The molecule has 1 aliphatic rings. The van der Waals surface area contributed by atoms with Crippen LogP contribution in [0, 0.1) is 6.92 Å². The Kier molecular flexibility index (Phi) is 4.35. The number of aryl methyl sites for hydroxylation is 1. The molecule has 4 nitrogen and oxygen atoms in total. The average Bonchev–Trinajstić information content (AvgIpc) is 3.08. The molecule has 5 heteroatoms. The van der Waals surface area contributed by atoms with Crippen molar-refractivity contribution in [3.8, 4) is 0 Å². The summed E-state index contributed by atoms with van der Waals surface area (Å²) in [6.45, 7) is 3.65. The lowest BCUT2D eigenvalue weighted by molar-refractivity contribution is 0.0955. The van der Waals surface area contributed by atoms with Gasteiger partial charge in [-0.1, -0.05) is 0 Å². The van der Waals surface area contributed by atoms with Crippen molar-refractivity contribution in [2.24, 2.45) is 0 Å². The van der Waals surface area contributed by atoms with Gasteiger partial charge < -0.3 is 10.2 Å². The molecule has 1 aromatic heterocycles. The molecule has 1 aliphatic carbocycles. The van der Waals surface area contributed by atoms with Gasteiger partial charge >= 0.3 is 0 Å². The second kappa shape index (κ2) is 5.80. The normalized spacial score (nSPS) is 15.1. The van der Waals surface area contributed by atoms with Crippen molar-refractivity contribution in [2.45, 2.75) is 32.1 Å². The van der Waals surface area contributed by atoms with Crippen molar-refractivity contribution in [3.63, 3.8) is 0 Å². The first-order valence-corrected chi connectivity index (χ1v) is 7.30. The molecule has 1 aromatic rings. The van der Waals surface area contributed by atoms with E-state index in [9.17, 15) is 4.79 Å². The third-order valence-corrected chi connectivity index (χ3v) is 4.33. The fraction of sp³-hybridized carbons (Fsp3) is 0.692. The fourth-order valence-corrected chi connectivity index (χ4v) is 2.96. The van der Waals surface area contributed by atoms with Crippen LogP contribution < -0.4 is 5.32 Å². The van der Waals surface area contributed by atoms with Crippen LogP contribution in [0.3, 0.4) is 0 Å². The standard InChI is InChI=1S/C13H21N3OS/c1-9-11(18-13(15-9)10-5-6-10)12(17)14-7-4-8-16(2)3/h10H,4-8H2,1-3H3,(H,14,17). The number of carbonyl (C=O) groups is 1. The summed E-state index contributed by atoms with van der Waals surface area (Å²) < 4.78 is 0. The molecule has 0 bridgehead atoms. The molecule has 1 fully saturated rings. The van der Waals surface area contributed by atoms with Gasteiger partial charge in [0.1, 0.15) is 4.88 Å². The summed E-state index contributed by atoms with van der Waals surface area (Å²) in [4.78, 5) is 19.4. The van der Waals surface area contributed by atoms with Crippen LogP contribution in [-0.4, -0.2) is 43.0 Å². The monoisotopic (exact) mass is 267 g/mol. The molecule has 0 radical (unpaired) electrons. The number of hydrogen-bond donors (Lipinski definition) is 1. The van der Waals surface area contributed by atoms with Crippen LogP contribution >= 0.6 is 11.3 Å². The van der Waals surface area contributed by atoms with Gasteiger partial charge in [-0.3, -0.25) is 4.79 Å². The van der Waals surface area contributed by atoms with Gasteiger partial charge in [0.05, 0.1) is 10.7 Å². The minimum atomic E-state index is 0.0376. The van der Waals surface area contributed by atoms with Crippen LogP contribution in [0.1, 0.15) is 45.6 Å². The predicted molar refractivity (Wildman–Crippen MR) is 74.3 cm³/mol. The fourth-order valence-electron chi connectivity index (χ4n) is 1.81. The van der Waals surface area contributed by atoms with E-state index in [0.717, 1.165) is 35.1 Å². The van der Waals surface area contributed by atoms with Crippen LogP contribution in [0.25, 0.3) is 0 Å². The SMILES string of the molecule is Cc1nc(C2CC2)sc1C(=O)NCCCN(C)C. The number of amides is 1. The molecule has 100 valence electrons. The summed E-state index contributed by atoms with van der Waals surface area (Å²) in [5, 5.41) is 4.12. The Morgan fingerprint density at radius 1 is 1.50 bits per heavy atom. The summed E-state index contributed by atoms with van der Waals surface area (Å²) in [6.07, 6.45) is 3.44. The van der Waals surface area contributed by atoms with Gasteiger partial charge in [-0.2, -0.15) is 0 Å². The van der Waals surface area contributed by atoms with Crippen LogP contribution in [-0.2, 0) is 0 Å².